The predicted octanol–water partition coefficient (Wildman–Crippen LogP) is 2.75. The summed E-state index contributed by atoms with van der Waals surface area (Å²) in [6.07, 6.45) is 2.36. The van der Waals surface area contributed by atoms with Crippen molar-refractivity contribution in [2.75, 3.05) is 6.79 Å². The fourth-order valence-electron chi connectivity index (χ4n) is 2.79. The Morgan fingerprint density at radius 2 is 2.09 bits per heavy atom. The van der Waals surface area contributed by atoms with E-state index in [0.29, 0.717) is 17.9 Å². The Kier molecular flexibility index (Phi) is 3.15. The van der Waals surface area contributed by atoms with Crippen LogP contribution in [0, 0.1) is 0 Å². The van der Waals surface area contributed by atoms with Crippen LogP contribution >= 0.6 is 0 Å². The molecule has 1 aliphatic heterocycles. The minimum atomic E-state index is -0.826. The number of fused-ring (bicyclic) bond motifs is 2. The molecule has 0 fully saturated rings. The van der Waals surface area contributed by atoms with Crippen molar-refractivity contribution in [3.8, 4) is 22.8 Å². The van der Waals surface area contributed by atoms with Gasteiger partial charge in [0.2, 0.25) is 6.79 Å². The Hall–Kier alpha value is -3.02. The highest BCUT2D eigenvalue weighted by Crippen LogP contribution is 2.36. The van der Waals surface area contributed by atoms with Gasteiger partial charge in [0.15, 0.2) is 11.5 Å². The van der Waals surface area contributed by atoms with Crippen LogP contribution < -0.4 is 9.47 Å². The second-order valence-electron chi connectivity index (χ2n) is 5.30. The maximum Gasteiger partial charge on any atom is 0.303 e. The van der Waals surface area contributed by atoms with E-state index in [-0.39, 0.29) is 13.2 Å². The summed E-state index contributed by atoms with van der Waals surface area (Å²) in [4.78, 5) is 15.6. The number of carboxylic acids is 1. The van der Waals surface area contributed by atoms with Crippen molar-refractivity contribution in [1.82, 2.24) is 9.38 Å². The van der Waals surface area contributed by atoms with Gasteiger partial charge in [-0.3, -0.25) is 4.79 Å². The van der Waals surface area contributed by atoms with Gasteiger partial charge >= 0.3 is 5.97 Å². The maximum absolute atomic E-state index is 11.0. The molecule has 0 amide bonds. The van der Waals surface area contributed by atoms with Crippen molar-refractivity contribution < 1.29 is 19.4 Å². The number of aliphatic carboxylic acids is 1. The summed E-state index contributed by atoms with van der Waals surface area (Å²) in [6, 6.07) is 11.4. The number of carbonyl (C=O) groups is 1. The number of ether oxygens (including phenoxy) is 2. The van der Waals surface area contributed by atoms with Crippen LogP contribution in [0.4, 0.5) is 0 Å². The first kappa shape index (κ1) is 13.6. The molecule has 0 radical (unpaired) electrons. The number of nitrogens with zero attached hydrogens (tertiary/aromatic N) is 2. The quantitative estimate of drug-likeness (QED) is 0.802. The number of hydrogen-bond donors (Lipinski definition) is 1. The van der Waals surface area contributed by atoms with Crippen molar-refractivity contribution in [1.29, 1.82) is 0 Å². The second-order valence-corrected chi connectivity index (χ2v) is 5.30. The van der Waals surface area contributed by atoms with Gasteiger partial charge in [-0.05, 0) is 30.3 Å². The molecule has 0 saturated heterocycles. The first-order valence-corrected chi connectivity index (χ1v) is 7.30. The Morgan fingerprint density at radius 3 is 2.96 bits per heavy atom. The van der Waals surface area contributed by atoms with E-state index in [4.69, 9.17) is 14.6 Å². The van der Waals surface area contributed by atoms with E-state index in [1.165, 1.54) is 0 Å². The number of pyridine rings is 1. The van der Waals surface area contributed by atoms with Crippen molar-refractivity contribution in [3.05, 3.63) is 48.3 Å². The van der Waals surface area contributed by atoms with E-state index in [1.807, 2.05) is 47.0 Å². The molecule has 3 heterocycles. The molecule has 116 valence electrons. The zero-order chi connectivity index (χ0) is 15.8. The highest BCUT2D eigenvalue weighted by atomic mass is 16.7. The summed E-state index contributed by atoms with van der Waals surface area (Å²) in [6.45, 7) is 0.218. The zero-order valence-corrected chi connectivity index (χ0v) is 12.2. The van der Waals surface area contributed by atoms with Crippen molar-refractivity contribution >= 4 is 11.6 Å². The van der Waals surface area contributed by atoms with E-state index in [9.17, 15) is 4.79 Å². The van der Waals surface area contributed by atoms with Crippen LogP contribution in [-0.2, 0) is 11.2 Å². The lowest BCUT2D eigenvalue weighted by Gasteiger charge is -2.05. The monoisotopic (exact) mass is 310 g/mol. The smallest absolute Gasteiger partial charge is 0.303 e. The molecule has 1 aliphatic rings. The standard InChI is InChI=1S/C17H14N2O4/c20-16(21)7-5-12-17(18-15-3-1-2-8-19(12)15)11-4-6-13-14(9-11)23-10-22-13/h1-4,6,8-9H,5,7,10H2,(H,20,21). The van der Waals surface area contributed by atoms with Gasteiger partial charge in [0.05, 0.1) is 17.8 Å². The van der Waals surface area contributed by atoms with Crippen LogP contribution in [0.15, 0.2) is 42.6 Å². The normalized spacial score (nSPS) is 12.7. The number of hydrogen-bond acceptors (Lipinski definition) is 4. The molecule has 6 heteroatoms. The first-order valence-electron chi connectivity index (χ1n) is 7.30. The first-order chi connectivity index (χ1) is 11.2. The van der Waals surface area contributed by atoms with Gasteiger partial charge in [0.1, 0.15) is 5.65 Å². The molecule has 6 nitrogen and oxygen atoms in total. The van der Waals surface area contributed by atoms with E-state index < -0.39 is 5.97 Å². The highest BCUT2D eigenvalue weighted by molar-refractivity contribution is 5.71. The Morgan fingerprint density at radius 1 is 1.22 bits per heavy atom. The lowest BCUT2D eigenvalue weighted by Crippen LogP contribution is -2.01. The Balaban J connectivity index is 1.85. The summed E-state index contributed by atoms with van der Waals surface area (Å²) >= 11 is 0. The summed E-state index contributed by atoms with van der Waals surface area (Å²) in [7, 11) is 0. The van der Waals surface area contributed by atoms with Gasteiger partial charge in [-0.1, -0.05) is 6.07 Å². The van der Waals surface area contributed by atoms with Gasteiger partial charge in [0, 0.05) is 18.2 Å². The number of imidazole rings is 1. The molecule has 0 aliphatic carbocycles. The molecule has 0 unspecified atom stereocenters. The number of rotatable bonds is 4. The second kappa shape index (κ2) is 5.31. The molecule has 1 N–H and O–H groups in total. The van der Waals surface area contributed by atoms with Crippen molar-refractivity contribution in [2.45, 2.75) is 12.8 Å². The third-order valence-corrected chi connectivity index (χ3v) is 3.85. The van der Waals surface area contributed by atoms with Gasteiger partial charge < -0.3 is 19.0 Å². The Bertz CT molecular complexity index is 901. The van der Waals surface area contributed by atoms with Gasteiger partial charge in [0.25, 0.3) is 0 Å². The Labute approximate surface area is 131 Å². The number of benzene rings is 1. The average Bonchev–Trinajstić information content (AvgIpc) is 3.16. The molecule has 1 aromatic carbocycles. The fourth-order valence-corrected chi connectivity index (χ4v) is 2.79. The fraction of sp³-hybridized carbons (Fsp3) is 0.176. The van der Waals surface area contributed by atoms with Crippen LogP contribution in [0.1, 0.15) is 12.1 Å². The summed E-state index contributed by atoms with van der Waals surface area (Å²) < 4.78 is 12.7. The molecule has 0 spiro atoms. The van der Waals surface area contributed by atoms with E-state index in [2.05, 4.69) is 4.98 Å². The van der Waals surface area contributed by atoms with Crippen molar-refractivity contribution in [2.24, 2.45) is 0 Å². The predicted molar refractivity (Wildman–Crippen MR) is 82.7 cm³/mol. The molecule has 2 aromatic heterocycles. The average molecular weight is 310 g/mol. The van der Waals surface area contributed by atoms with Crippen LogP contribution in [0.3, 0.4) is 0 Å². The van der Waals surface area contributed by atoms with Gasteiger partial charge in [-0.15, -0.1) is 0 Å². The van der Waals surface area contributed by atoms with Crippen molar-refractivity contribution in [3.63, 3.8) is 0 Å². The SMILES string of the molecule is O=C(O)CCc1c(-c2ccc3c(c2)OCO3)nc2ccccn12. The van der Waals surface area contributed by atoms with Crippen LogP contribution in [0.2, 0.25) is 0 Å². The van der Waals surface area contributed by atoms with Gasteiger partial charge in [-0.2, -0.15) is 0 Å². The number of aryl methyl sites for hydroxylation is 1. The molecule has 0 bridgehead atoms. The van der Waals surface area contributed by atoms with E-state index >= 15 is 0 Å². The molecule has 0 atom stereocenters. The van der Waals surface area contributed by atoms with Crippen LogP contribution in [-0.4, -0.2) is 27.3 Å². The maximum atomic E-state index is 11.0. The molecular weight excluding hydrogens is 296 g/mol. The third-order valence-electron chi connectivity index (χ3n) is 3.85. The molecule has 0 saturated carbocycles. The molecule has 23 heavy (non-hydrogen) atoms. The lowest BCUT2D eigenvalue weighted by molar-refractivity contribution is -0.136. The number of carboxylic acid groups (broad SMARTS) is 1. The minimum absolute atomic E-state index is 0.0558. The minimum Gasteiger partial charge on any atom is -0.481 e. The van der Waals surface area contributed by atoms with Crippen LogP contribution in [0.5, 0.6) is 11.5 Å². The summed E-state index contributed by atoms with van der Waals surface area (Å²) in [5.41, 5.74) is 3.33. The topological polar surface area (TPSA) is 73.1 Å². The molecule has 4 rings (SSSR count). The largest absolute Gasteiger partial charge is 0.481 e. The van der Waals surface area contributed by atoms with Gasteiger partial charge in [-0.25, -0.2) is 4.98 Å². The number of aromatic nitrogens is 2. The summed E-state index contributed by atoms with van der Waals surface area (Å²) in [5, 5.41) is 9.01. The third kappa shape index (κ3) is 2.38. The molecular formula is C17H14N2O4. The highest BCUT2D eigenvalue weighted by Gasteiger charge is 2.19. The van der Waals surface area contributed by atoms with E-state index in [0.717, 1.165) is 22.6 Å². The lowest BCUT2D eigenvalue weighted by atomic mass is 10.1. The van der Waals surface area contributed by atoms with Crippen LogP contribution in [0.25, 0.3) is 16.9 Å². The van der Waals surface area contributed by atoms with E-state index in [1.54, 1.807) is 0 Å². The summed E-state index contributed by atoms with van der Waals surface area (Å²) in [5.74, 6) is 0.570. The molecule has 3 aromatic rings. The zero-order valence-electron chi connectivity index (χ0n) is 12.2.